The second-order valence-corrected chi connectivity index (χ2v) is 8.14. The van der Waals surface area contributed by atoms with Crippen LogP contribution in [0, 0.1) is 0 Å². The van der Waals surface area contributed by atoms with Gasteiger partial charge in [0.25, 0.3) is 5.56 Å². The Labute approximate surface area is 196 Å². The van der Waals surface area contributed by atoms with Gasteiger partial charge in [-0.05, 0) is 23.7 Å². The van der Waals surface area contributed by atoms with E-state index < -0.39 is 17.1 Å². The van der Waals surface area contributed by atoms with Gasteiger partial charge in [-0.15, -0.1) is 0 Å². The lowest BCUT2D eigenvalue weighted by Gasteiger charge is -2.35. The molecule has 1 fully saturated rings. The molecule has 2 heterocycles. The van der Waals surface area contributed by atoms with Gasteiger partial charge in [-0.2, -0.15) is 0 Å². The van der Waals surface area contributed by atoms with Crippen LogP contribution in [-0.4, -0.2) is 82.1 Å². The topological polar surface area (TPSA) is 106 Å². The molecule has 0 aliphatic carbocycles. The first-order valence-electron chi connectivity index (χ1n) is 10.7. The van der Waals surface area contributed by atoms with E-state index in [0.717, 1.165) is 53.2 Å². The van der Waals surface area contributed by atoms with E-state index in [1.165, 1.54) is 6.21 Å². The van der Waals surface area contributed by atoms with Crippen LogP contribution in [-0.2, 0) is 0 Å². The van der Waals surface area contributed by atoms with E-state index in [4.69, 9.17) is 12.2 Å². The molecule has 4 rings (SSSR count). The zero-order chi connectivity index (χ0) is 23.4. The molecule has 1 saturated heterocycles. The molecule has 1 aromatic heterocycles. The largest absolute Gasteiger partial charge is 0.493 e. The molecule has 1 aliphatic heterocycles. The van der Waals surface area contributed by atoms with Gasteiger partial charge < -0.3 is 15.3 Å². The Morgan fingerprint density at radius 2 is 1.88 bits per heavy atom. The van der Waals surface area contributed by atoms with Gasteiger partial charge in [-0.3, -0.25) is 19.7 Å². The van der Waals surface area contributed by atoms with E-state index in [1.807, 2.05) is 37.4 Å². The third-order valence-corrected chi connectivity index (χ3v) is 6.23. The first kappa shape index (κ1) is 22.7. The highest BCUT2D eigenvalue weighted by atomic mass is 32.1. The normalized spacial score (nSPS) is 14.8. The Hall–Kier alpha value is -3.50. The molecule has 0 bridgehead atoms. The summed E-state index contributed by atoms with van der Waals surface area (Å²) in [6.07, 6.45) is 1.33. The number of nitrogens with one attached hydrogen (secondary N) is 2. The molecular formula is C23H26N6O3S. The molecule has 0 unspecified atom stereocenters. The van der Waals surface area contributed by atoms with Crippen molar-refractivity contribution in [3.8, 4) is 11.6 Å². The lowest BCUT2D eigenvalue weighted by atomic mass is 10.1. The van der Waals surface area contributed by atoms with E-state index in [0.29, 0.717) is 12.2 Å². The average Bonchev–Trinajstić information content (AvgIpc) is 2.83. The highest BCUT2D eigenvalue weighted by Gasteiger charge is 2.18. The summed E-state index contributed by atoms with van der Waals surface area (Å²) in [5.41, 5.74) is -0.944. The summed E-state index contributed by atoms with van der Waals surface area (Å²) in [6.45, 7) is 4.62. The maximum atomic E-state index is 12.6. The van der Waals surface area contributed by atoms with Gasteiger partial charge >= 0.3 is 5.69 Å². The number of hydrogen-bond donors (Lipinski definition) is 3. The summed E-state index contributed by atoms with van der Waals surface area (Å²) in [5.74, 6) is -0.432. The Balaban J connectivity index is 1.51. The van der Waals surface area contributed by atoms with Crippen LogP contribution in [0.1, 0.15) is 5.56 Å². The maximum absolute atomic E-state index is 12.6. The molecule has 0 radical (unpaired) electrons. The number of aromatic amines is 1. The molecule has 172 valence electrons. The van der Waals surface area contributed by atoms with Crippen molar-refractivity contribution < 1.29 is 5.11 Å². The molecule has 1 aliphatic rings. The molecule has 0 spiro atoms. The summed E-state index contributed by atoms with van der Waals surface area (Å²) in [5, 5.41) is 16.3. The van der Waals surface area contributed by atoms with Gasteiger partial charge in [0.2, 0.25) is 5.88 Å². The fourth-order valence-corrected chi connectivity index (χ4v) is 4.15. The number of fused-ring (bicyclic) bond motifs is 1. The molecule has 10 heteroatoms. The Morgan fingerprint density at radius 1 is 1.15 bits per heavy atom. The molecule has 9 nitrogen and oxygen atoms in total. The quantitative estimate of drug-likeness (QED) is 0.379. The predicted octanol–water partition coefficient (Wildman–Crippen LogP) is 0.925. The minimum Gasteiger partial charge on any atom is -0.493 e. The standard InChI is InChI=1S/C23H26N6O3S/c1-24-23(33)28-13-11-27(12-14-28)10-9-25-15-18-20(30)26-22(32)29(21(18)31)19-8-4-6-16-5-2-3-7-17(16)19/h2-8,15,31H,9-14H2,1H3,(H,24,33)(H,26,30,32). The Bertz CT molecular complexity index is 1300. The number of thiocarbonyl (C=S) groups is 1. The van der Waals surface area contributed by atoms with E-state index >= 15 is 0 Å². The fourth-order valence-electron chi connectivity index (χ4n) is 3.97. The van der Waals surface area contributed by atoms with E-state index in [2.05, 4.69) is 25.1 Å². The van der Waals surface area contributed by atoms with Crippen molar-refractivity contribution in [2.75, 3.05) is 46.3 Å². The van der Waals surface area contributed by atoms with Crippen molar-refractivity contribution in [2.24, 2.45) is 4.99 Å². The first-order chi connectivity index (χ1) is 16.0. The molecule has 33 heavy (non-hydrogen) atoms. The fraction of sp³-hybridized carbons (Fsp3) is 0.304. The molecule has 2 aromatic carbocycles. The number of H-pyrrole nitrogens is 1. The van der Waals surface area contributed by atoms with Crippen LogP contribution in [0.2, 0.25) is 0 Å². The summed E-state index contributed by atoms with van der Waals surface area (Å²) < 4.78 is 1.11. The van der Waals surface area contributed by atoms with Crippen molar-refractivity contribution in [3.63, 3.8) is 0 Å². The van der Waals surface area contributed by atoms with Crippen molar-refractivity contribution in [3.05, 3.63) is 68.9 Å². The number of aromatic hydroxyl groups is 1. The zero-order valence-electron chi connectivity index (χ0n) is 18.3. The summed E-state index contributed by atoms with van der Waals surface area (Å²) in [6, 6.07) is 13.0. The van der Waals surface area contributed by atoms with Gasteiger partial charge in [-0.1, -0.05) is 36.4 Å². The van der Waals surface area contributed by atoms with Gasteiger partial charge in [0.05, 0.1) is 12.2 Å². The molecule has 0 atom stereocenters. The van der Waals surface area contributed by atoms with E-state index in [1.54, 1.807) is 12.1 Å². The molecule has 3 aromatic rings. The van der Waals surface area contributed by atoms with Crippen molar-refractivity contribution in [1.29, 1.82) is 0 Å². The van der Waals surface area contributed by atoms with Crippen LogP contribution >= 0.6 is 12.2 Å². The predicted molar refractivity (Wildman–Crippen MR) is 134 cm³/mol. The summed E-state index contributed by atoms with van der Waals surface area (Å²) in [4.78, 5) is 36.0. The number of rotatable bonds is 5. The molecule has 0 amide bonds. The number of hydrogen-bond acceptors (Lipinski definition) is 6. The van der Waals surface area contributed by atoms with Crippen LogP contribution < -0.4 is 16.6 Å². The summed E-state index contributed by atoms with van der Waals surface area (Å²) in [7, 11) is 1.82. The first-order valence-corrected chi connectivity index (χ1v) is 11.2. The molecule has 3 N–H and O–H groups in total. The number of piperazine rings is 1. The van der Waals surface area contributed by atoms with Crippen LogP contribution in [0.15, 0.2) is 57.0 Å². The minimum absolute atomic E-state index is 0.0493. The monoisotopic (exact) mass is 466 g/mol. The third kappa shape index (κ3) is 4.81. The second-order valence-electron chi connectivity index (χ2n) is 7.75. The lowest BCUT2D eigenvalue weighted by Crippen LogP contribution is -2.51. The molecule has 0 saturated carbocycles. The Morgan fingerprint density at radius 3 is 2.64 bits per heavy atom. The van der Waals surface area contributed by atoms with Crippen molar-refractivity contribution in [2.45, 2.75) is 0 Å². The molecular weight excluding hydrogens is 440 g/mol. The van der Waals surface area contributed by atoms with Gasteiger partial charge in [0.1, 0.15) is 5.56 Å². The minimum atomic E-state index is -0.705. The van der Waals surface area contributed by atoms with Gasteiger partial charge in [0.15, 0.2) is 5.11 Å². The zero-order valence-corrected chi connectivity index (χ0v) is 19.1. The Kier molecular flexibility index (Phi) is 6.85. The second kappa shape index (κ2) is 9.97. The van der Waals surface area contributed by atoms with Crippen molar-refractivity contribution in [1.82, 2.24) is 24.7 Å². The lowest BCUT2D eigenvalue weighted by molar-refractivity contribution is 0.186. The average molecular weight is 467 g/mol. The van der Waals surface area contributed by atoms with Crippen molar-refractivity contribution >= 4 is 34.3 Å². The summed E-state index contributed by atoms with van der Waals surface area (Å²) >= 11 is 5.27. The number of benzene rings is 2. The van der Waals surface area contributed by atoms with Crippen LogP contribution in [0.5, 0.6) is 5.88 Å². The number of nitrogens with zero attached hydrogens (tertiary/aromatic N) is 4. The van der Waals surface area contributed by atoms with E-state index in [9.17, 15) is 14.7 Å². The van der Waals surface area contributed by atoms with Crippen LogP contribution in [0.3, 0.4) is 0 Å². The number of aliphatic imine (C=N–C) groups is 1. The van der Waals surface area contributed by atoms with E-state index in [-0.39, 0.29) is 5.56 Å². The SMILES string of the molecule is CNC(=S)N1CCN(CCN=Cc2c(O)n(-c3cccc4ccccc34)c(=O)[nH]c2=O)CC1. The highest BCUT2D eigenvalue weighted by Crippen LogP contribution is 2.24. The van der Waals surface area contributed by atoms with Crippen LogP contribution in [0.25, 0.3) is 16.5 Å². The smallest absolute Gasteiger partial charge is 0.335 e. The number of aromatic nitrogens is 2. The van der Waals surface area contributed by atoms with Gasteiger partial charge in [-0.25, -0.2) is 9.36 Å². The highest BCUT2D eigenvalue weighted by molar-refractivity contribution is 7.80. The third-order valence-electron chi connectivity index (χ3n) is 5.77. The van der Waals surface area contributed by atoms with Crippen LogP contribution in [0.4, 0.5) is 0 Å². The van der Waals surface area contributed by atoms with Gasteiger partial charge in [0, 0.05) is 51.4 Å². The maximum Gasteiger partial charge on any atom is 0.335 e.